The van der Waals surface area contributed by atoms with Crippen molar-refractivity contribution in [1.82, 2.24) is 9.97 Å². The average Bonchev–Trinajstić information content (AvgIpc) is 2.74. The third-order valence-corrected chi connectivity index (χ3v) is 5.94. The van der Waals surface area contributed by atoms with Crippen molar-refractivity contribution < 1.29 is 0 Å². The van der Waals surface area contributed by atoms with E-state index < -0.39 is 0 Å². The number of benzene rings is 1. The maximum absolute atomic E-state index is 8.87. The summed E-state index contributed by atoms with van der Waals surface area (Å²) in [5.41, 5.74) is 3.15. The van der Waals surface area contributed by atoms with Crippen molar-refractivity contribution in [2.45, 2.75) is 77.0 Å². The molecule has 1 aromatic carbocycles. The first-order valence-electron chi connectivity index (χ1n) is 10.6. The molecule has 0 aliphatic heterocycles. The molecule has 1 saturated carbocycles. The number of hydrogen-bond donors (Lipinski definition) is 0. The topological polar surface area (TPSA) is 49.6 Å². The van der Waals surface area contributed by atoms with E-state index in [-0.39, 0.29) is 0 Å². The maximum Gasteiger partial charge on any atom is 0.131 e. The Morgan fingerprint density at radius 3 is 2.22 bits per heavy atom. The van der Waals surface area contributed by atoms with Crippen molar-refractivity contribution in [2.24, 2.45) is 5.92 Å². The van der Waals surface area contributed by atoms with Crippen molar-refractivity contribution in [1.29, 1.82) is 5.26 Å². The summed E-state index contributed by atoms with van der Waals surface area (Å²) in [6, 6.07) is 9.99. The van der Waals surface area contributed by atoms with Gasteiger partial charge in [0.2, 0.25) is 0 Å². The van der Waals surface area contributed by atoms with E-state index in [2.05, 4.69) is 23.0 Å². The van der Waals surface area contributed by atoms with Gasteiger partial charge < -0.3 is 0 Å². The zero-order valence-corrected chi connectivity index (χ0v) is 16.5. The van der Waals surface area contributed by atoms with Gasteiger partial charge in [0.1, 0.15) is 5.82 Å². The van der Waals surface area contributed by atoms with Gasteiger partial charge in [-0.05, 0) is 67.7 Å². The summed E-state index contributed by atoms with van der Waals surface area (Å²) in [4.78, 5) is 9.38. The van der Waals surface area contributed by atoms with Crippen LogP contribution in [0, 0.1) is 17.2 Å². The fourth-order valence-corrected chi connectivity index (χ4v) is 4.13. The highest BCUT2D eigenvalue weighted by atomic mass is 14.9. The van der Waals surface area contributed by atoms with Crippen LogP contribution in [0.5, 0.6) is 0 Å². The quantitative estimate of drug-likeness (QED) is 0.543. The Hall–Kier alpha value is -2.21. The number of rotatable bonds is 8. The number of nitriles is 1. The van der Waals surface area contributed by atoms with E-state index in [1.54, 1.807) is 0 Å². The molecule has 27 heavy (non-hydrogen) atoms. The molecule has 3 rings (SSSR count). The van der Waals surface area contributed by atoms with Crippen LogP contribution in [0.15, 0.2) is 36.7 Å². The molecule has 0 unspecified atom stereocenters. The third kappa shape index (κ3) is 5.89. The minimum atomic E-state index is 0.556. The molecule has 2 aromatic rings. The molecule has 142 valence electrons. The molecular weight excluding hydrogens is 330 g/mol. The number of nitrogens with zero attached hydrogens (tertiary/aromatic N) is 3. The lowest BCUT2D eigenvalue weighted by Crippen LogP contribution is -2.15. The Morgan fingerprint density at radius 2 is 1.59 bits per heavy atom. The number of aryl methyl sites for hydroxylation is 2. The summed E-state index contributed by atoms with van der Waals surface area (Å²) in [6.07, 6.45) is 16.6. The second kappa shape index (κ2) is 10.2. The van der Waals surface area contributed by atoms with E-state index in [9.17, 15) is 0 Å². The lowest BCUT2D eigenvalue weighted by molar-refractivity contribution is 0.297. The van der Waals surface area contributed by atoms with E-state index in [4.69, 9.17) is 5.26 Å². The summed E-state index contributed by atoms with van der Waals surface area (Å²) in [6.45, 7) is 2.28. The largest absolute Gasteiger partial charge is 0.241 e. The van der Waals surface area contributed by atoms with Gasteiger partial charge in [0, 0.05) is 18.3 Å². The molecule has 1 aliphatic carbocycles. The molecule has 0 radical (unpaired) electrons. The molecule has 0 atom stereocenters. The second-order valence-corrected chi connectivity index (χ2v) is 7.97. The summed E-state index contributed by atoms with van der Waals surface area (Å²) < 4.78 is 0. The molecule has 1 aliphatic rings. The molecule has 0 saturated heterocycles. The average molecular weight is 362 g/mol. The Labute approximate surface area is 163 Å². The molecule has 0 amide bonds. The Kier molecular flexibility index (Phi) is 7.39. The van der Waals surface area contributed by atoms with Gasteiger partial charge in [-0.15, -0.1) is 0 Å². The van der Waals surface area contributed by atoms with Crippen molar-refractivity contribution in [3.05, 3.63) is 59.2 Å². The molecule has 0 bridgehead atoms. The van der Waals surface area contributed by atoms with E-state index in [0.29, 0.717) is 11.5 Å². The number of hydrogen-bond acceptors (Lipinski definition) is 3. The minimum absolute atomic E-state index is 0.556. The molecule has 3 nitrogen and oxygen atoms in total. The van der Waals surface area contributed by atoms with E-state index in [1.165, 1.54) is 62.5 Å². The summed E-state index contributed by atoms with van der Waals surface area (Å²) in [7, 11) is 0. The predicted molar refractivity (Wildman–Crippen MR) is 109 cm³/mol. The van der Waals surface area contributed by atoms with Crippen molar-refractivity contribution >= 4 is 0 Å². The van der Waals surface area contributed by atoms with Gasteiger partial charge >= 0.3 is 0 Å². The highest BCUT2D eigenvalue weighted by molar-refractivity contribution is 5.31. The lowest BCUT2D eigenvalue weighted by atomic mass is 9.79. The fraction of sp³-hybridized carbons (Fsp3) is 0.542. The van der Waals surface area contributed by atoms with E-state index >= 15 is 0 Å². The van der Waals surface area contributed by atoms with Crippen LogP contribution in [0.3, 0.4) is 0 Å². The normalized spacial score (nSPS) is 19.6. The molecular formula is C24H31N3. The first-order chi connectivity index (χ1) is 13.3. The van der Waals surface area contributed by atoms with Gasteiger partial charge in [0.25, 0.3) is 0 Å². The Bertz CT molecular complexity index is 720. The number of unbranched alkanes of at least 4 members (excludes halogenated alkanes) is 2. The van der Waals surface area contributed by atoms with Gasteiger partial charge in [-0.25, -0.2) is 9.97 Å². The highest BCUT2D eigenvalue weighted by Gasteiger charge is 2.23. The first kappa shape index (κ1) is 19.5. The van der Waals surface area contributed by atoms with Crippen molar-refractivity contribution in [3.63, 3.8) is 0 Å². The zero-order valence-electron chi connectivity index (χ0n) is 16.5. The molecule has 1 heterocycles. The summed E-state index contributed by atoms with van der Waals surface area (Å²) >= 11 is 0. The Balaban J connectivity index is 1.45. The molecule has 0 N–H and O–H groups in total. The second-order valence-electron chi connectivity index (χ2n) is 7.97. The Morgan fingerprint density at radius 1 is 0.926 bits per heavy atom. The highest BCUT2D eigenvalue weighted by Crippen LogP contribution is 2.36. The van der Waals surface area contributed by atoms with Gasteiger partial charge in [-0.3, -0.25) is 0 Å². The summed E-state index contributed by atoms with van der Waals surface area (Å²) in [5, 5.41) is 8.87. The summed E-state index contributed by atoms with van der Waals surface area (Å²) in [5.74, 6) is 2.53. The van der Waals surface area contributed by atoms with Crippen molar-refractivity contribution in [2.75, 3.05) is 0 Å². The van der Waals surface area contributed by atoms with Crippen LogP contribution < -0.4 is 0 Å². The van der Waals surface area contributed by atoms with Crippen LogP contribution >= 0.6 is 0 Å². The standard InChI is InChI=1S/C24H31N3/c1-2-3-4-5-19-12-14-23(15-13-19)24-26-17-22(18-27-24)11-8-20-6-9-21(16-25)10-7-20/h6-7,9-10,17-19,23H,2-5,8,11-15H2,1H3/t19-,23-. The molecule has 1 fully saturated rings. The molecule has 3 heteroatoms. The van der Waals surface area contributed by atoms with Crippen LogP contribution in [0.1, 0.15) is 86.7 Å². The molecule has 1 aromatic heterocycles. The monoisotopic (exact) mass is 361 g/mol. The zero-order chi connectivity index (χ0) is 18.9. The maximum atomic E-state index is 8.87. The van der Waals surface area contributed by atoms with Gasteiger partial charge in [0.15, 0.2) is 0 Å². The van der Waals surface area contributed by atoms with Crippen LogP contribution in [-0.2, 0) is 12.8 Å². The van der Waals surface area contributed by atoms with Crippen LogP contribution in [0.4, 0.5) is 0 Å². The van der Waals surface area contributed by atoms with Crippen molar-refractivity contribution in [3.8, 4) is 6.07 Å². The smallest absolute Gasteiger partial charge is 0.131 e. The van der Waals surface area contributed by atoms with Gasteiger partial charge in [-0.2, -0.15) is 5.26 Å². The minimum Gasteiger partial charge on any atom is -0.241 e. The van der Waals surface area contributed by atoms with Crippen LogP contribution in [-0.4, -0.2) is 9.97 Å². The SMILES string of the molecule is CCCCC[C@H]1CC[C@H](c2ncc(CCc3ccc(C#N)cc3)cn2)CC1. The third-order valence-electron chi connectivity index (χ3n) is 5.94. The molecule has 0 spiro atoms. The fourth-order valence-electron chi connectivity index (χ4n) is 4.13. The van der Waals surface area contributed by atoms with E-state index in [1.807, 2.05) is 36.7 Å². The number of aromatic nitrogens is 2. The first-order valence-corrected chi connectivity index (χ1v) is 10.6. The lowest BCUT2D eigenvalue weighted by Gasteiger charge is -2.27. The van der Waals surface area contributed by atoms with Gasteiger partial charge in [0.05, 0.1) is 11.6 Å². The predicted octanol–water partition coefficient (Wildman–Crippen LogP) is 5.99. The van der Waals surface area contributed by atoms with Crippen LogP contribution in [0.25, 0.3) is 0 Å². The van der Waals surface area contributed by atoms with E-state index in [0.717, 1.165) is 24.6 Å². The van der Waals surface area contributed by atoms with Gasteiger partial charge in [-0.1, -0.05) is 44.7 Å². The van der Waals surface area contributed by atoms with Crippen LogP contribution in [0.2, 0.25) is 0 Å².